The van der Waals surface area contributed by atoms with Gasteiger partial charge in [0, 0.05) is 13.1 Å². The number of likely N-dealkylation sites (tertiary alicyclic amines) is 2. The van der Waals surface area contributed by atoms with Crippen LogP contribution >= 0.6 is 0 Å². The fourth-order valence-corrected chi connectivity index (χ4v) is 4.30. The molecule has 2 rings (SSSR count). The van der Waals surface area contributed by atoms with E-state index in [0.717, 1.165) is 5.92 Å². The Kier molecular flexibility index (Phi) is 6.75. The Morgan fingerprint density at radius 1 is 1.14 bits per heavy atom. The summed E-state index contributed by atoms with van der Waals surface area (Å²) in [6.07, 6.45) is 14.3. The van der Waals surface area contributed by atoms with Crippen LogP contribution in [0.3, 0.4) is 0 Å². The molecule has 0 aromatic rings. The molecule has 2 heteroatoms. The lowest BCUT2D eigenvalue weighted by atomic mass is 9.72. The summed E-state index contributed by atoms with van der Waals surface area (Å²) in [5.41, 5.74) is 0.654. The summed E-state index contributed by atoms with van der Waals surface area (Å²) in [6.45, 7) is 11.2. The first-order valence-corrected chi connectivity index (χ1v) is 9.19. The molecule has 0 aliphatic carbocycles. The Bertz CT molecular complexity index is 310. The molecule has 2 aliphatic rings. The van der Waals surface area contributed by atoms with Gasteiger partial charge in [0.2, 0.25) is 0 Å². The third-order valence-corrected chi connectivity index (χ3v) is 5.67. The molecule has 0 aromatic carbocycles. The van der Waals surface area contributed by atoms with Crippen LogP contribution in [-0.2, 0) is 0 Å². The van der Waals surface area contributed by atoms with Crippen molar-refractivity contribution in [3.63, 3.8) is 0 Å². The molecule has 0 atom stereocenters. The Hall–Kier alpha value is -0.340. The zero-order valence-corrected chi connectivity index (χ0v) is 14.6. The largest absolute Gasteiger partial charge is 0.306 e. The van der Waals surface area contributed by atoms with Gasteiger partial charge in [0.1, 0.15) is 0 Å². The molecule has 0 N–H and O–H groups in total. The molecule has 2 heterocycles. The lowest BCUT2D eigenvalue weighted by molar-refractivity contribution is -0.0176. The fourth-order valence-electron chi connectivity index (χ4n) is 4.30. The summed E-state index contributed by atoms with van der Waals surface area (Å²) >= 11 is 0. The maximum Gasteiger partial charge on any atom is 0.00506 e. The van der Waals surface area contributed by atoms with Crippen molar-refractivity contribution in [3.8, 4) is 0 Å². The first-order valence-electron chi connectivity index (χ1n) is 9.19. The molecule has 0 amide bonds. The number of hydrogen-bond acceptors (Lipinski definition) is 2. The highest BCUT2D eigenvalue weighted by Crippen LogP contribution is 2.40. The van der Waals surface area contributed by atoms with Crippen molar-refractivity contribution in [2.24, 2.45) is 11.3 Å². The van der Waals surface area contributed by atoms with Crippen LogP contribution in [0.2, 0.25) is 0 Å². The number of rotatable bonds is 8. The SMILES string of the molecule is C/C=C/CCC1(CCC)CN(CCC2CCN(C)CC2)C1. The van der Waals surface area contributed by atoms with E-state index < -0.39 is 0 Å². The van der Waals surface area contributed by atoms with E-state index in [9.17, 15) is 0 Å². The molecule has 2 saturated heterocycles. The number of allylic oxidation sites excluding steroid dienone is 2. The van der Waals surface area contributed by atoms with E-state index in [-0.39, 0.29) is 0 Å². The van der Waals surface area contributed by atoms with Gasteiger partial charge in [0.25, 0.3) is 0 Å². The lowest BCUT2D eigenvalue weighted by Gasteiger charge is -2.51. The first kappa shape index (κ1) is 17.0. The van der Waals surface area contributed by atoms with Crippen molar-refractivity contribution in [1.29, 1.82) is 0 Å². The summed E-state index contributed by atoms with van der Waals surface area (Å²) < 4.78 is 0. The summed E-state index contributed by atoms with van der Waals surface area (Å²) in [5, 5.41) is 0. The van der Waals surface area contributed by atoms with Crippen molar-refractivity contribution < 1.29 is 0 Å². The number of hydrogen-bond donors (Lipinski definition) is 0. The van der Waals surface area contributed by atoms with Crippen LogP contribution in [0.4, 0.5) is 0 Å². The predicted molar refractivity (Wildman–Crippen MR) is 92.7 cm³/mol. The maximum atomic E-state index is 2.73. The van der Waals surface area contributed by atoms with Crippen LogP contribution in [0.1, 0.15) is 58.8 Å². The quantitative estimate of drug-likeness (QED) is 0.619. The van der Waals surface area contributed by atoms with Gasteiger partial charge in [-0.3, -0.25) is 0 Å². The zero-order chi connectivity index (χ0) is 15.1. The van der Waals surface area contributed by atoms with E-state index in [1.807, 2.05) is 0 Å². The smallest absolute Gasteiger partial charge is 0.00506 e. The summed E-state index contributed by atoms with van der Waals surface area (Å²) in [7, 11) is 2.26. The van der Waals surface area contributed by atoms with E-state index in [2.05, 4.69) is 42.8 Å². The summed E-state index contributed by atoms with van der Waals surface area (Å²) in [6, 6.07) is 0. The van der Waals surface area contributed by atoms with Crippen molar-refractivity contribution >= 4 is 0 Å². The van der Waals surface area contributed by atoms with Crippen LogP contribution in [0.15, 0.2) is 12.2 Å². The second kappa shape index (κ2) is 8.33. The van der Waals surface area contributed by atoms with Crippen LogP contribution in [0, 0.1) is 11.3 Å². The molecule has 0 saturated carbocycles. The van der Waals surface area contributed by atoms with Gasteiger partial charge >= 0.3 is 0 Å². The van der Waals surface area contributed by atoms with E-state index in [1.54, 1.807) is 0 Å². The Balaban J connectivity index is 1.65. The Morgan fingerprint density at radius 2 is 1.86 bits per heavy atom. The van der Waals surface area contributed by atoms with Gasteiger partial charge < -0.3 is 9.80 Å². The number of nitrogens with zero attached hydrogens (tertiary/aromatic N) is 2. The number of piperidine rings is 1. The average molecular weight is 293 g/mol. The van der Waals surface area contributed by atoms with Gasteiger partial charge in [0.05, 0.1) is 0 Å². The molecule has 2 nitrogen and oxygen atoms in total. The van der Waals surface area contributed by atoms with Crippen LogP contribution in [-0.4, -0.2) is 49.6 Å². The van der Waals surface area contributed by atoms with Crippen molar-refractivity contribution in [1.82, 2.24) is 9.80 Å². The third-order valence-electron chi connectivity index (χ3n) is 5.67. The minimum atomic E-state index is 0.654. The minimum Gasteiger partial charge on any atom is -0.306 e. The highest BCUT2D eigenvalue weighted by Gasteiger charge is 2.40. The predicted octanol–water partition coefficient (Wildman–Crippen LogP) is 4.18. The molecular formula is C19H36N2. The molecule has 0 bridgehead atoms. The molecule has 0 aromatic heterocycles. The minimum absolute atomic E-state index is 0.654. The molecule has 2 fully saturated rings. The highest BCUT2D eigenvalue weighted by molar-refractivity contribution is 4.96. The van der Waals surface area contributed by atoms with E-state index >= 15 is 0 Å². The van der Waals surface area contributed by atoms with Crippen LogP contribution in [0.5, 0.6) is 0 Å². The lowest BCUT2D eigenvalue weighted by Crippen LogP contribution is -2.56. The zero-order valence-electron chi connectivity index (χ0n) is 14.6. The maximum absolute atomic E-state index is 2.73. The van der Waals surface area contributed by atoms with Gasteiger partial charge in [-0.15, -0.1) is 0 Å². The normalized spacial score (nSPS) is 24.5. The van der Waals surface area contributed by atoms with Gasteiger partial charge in [-0.2, -0.15) is 0 Å². The Labute approximate surface area is 132 Å². The molecule has 21 heavy (non-hydrogen) atoms. The van der Waals surface area contributed by atoms with Crippen molar-refractivity contribution in [2.45, 2.75) is 58.8 Å². The van der Waals surface area contributed by atoms with Crippen LogP contribution in [0.25, 0.3) is 0 Å². The van der Waals surface area contributed by atoms with Gasteiger partial charge in [-0.25, -0.2) is 0 Å². The highest BCUT2D eigenvalue weighted by atomic mass is 15.2. The van der Waals surface area contributed by atoms with Gasteiger partial charge in [-0.05, 0) is 83.5 Å². The molecule has 0 unspecified atom stereocenters. The van der Waals surface area contributed by atoms with E-state index in [1.165, 1.54) is 77.7 Å². The monoisotopic (exact) mass is 292 g/mol. The van der Waals surface area contributed by atoms with Crippen LogP contribution < -0.4 is 0 Å². The summed E-state index contributed by atoms with van der Waals surface area (Å²) in [4.78, 5) is 5.21. The topological polar surface area (TPSA) is 6.48 Å². The third kappa shape index (κ3) is 5.10. The molecular weight excluding hydrogens is 256 g/mol. The van der Waals surface area contributed by atoms with E-state index in [0.29, 0.717) is 5.41 Å². The molecule has 122 valence electrons. The fraction of sp³-hybridized carbons (Fsp3) is 0.895. The van der Waals surface area contributed by atoms with E-state index in [4.69, 9.17) is 0 Å². The molecule has 0 radical (unpaired) electrons. The van der Waals surface area contributed by atoms with Gasteiger partial charge in [0.15, 0.2) is 0 Å². The standard InChI is InChI=1S/C19H36N2/c1-4-6-7-12-19(11-5-2)16-21(17-19)15-10-18-8-13-20(3)14-9-18/h4,6,18H,5,7-17H2,1-3H3/b6-4+. The molecule has 0 spiro atoms. The average Bonchev–Trinajstić information content (AvgIpc) is 2.44. The second-order valence-corrected chi connectivity index (χ2v) is 7.60. The van der Waals surface area contributed by atoms with Gasteiger partial charge in [-0.1, -0.05) is 25.5 Å². The summed E-state index contributed by atoms with van der Waals surface area (Å²) in [5.74, 6) is 0.991. The second-order valence-electron chi connectivity index (χ2n) is 7.60. The van der Waals surface area contributed by atoms with Crippen molar-refractivity contribution in [2.75, 3.05) is 39.8 Å². The Morgan fingerprint density at radius 3 is 2.48 bits per heavy atom. The van der Waals surface area contributed by atoms with Crippen molar-refractivity contribution in [3.05, 3.63) is 12.2 Å². The molecule has 2 aliphatic heterocycles. The first-order chi connectivity index (χ1) is 10.2.